The van der Waals surface area contributed by atoms with Crippen molar-refractivity contribution in [2.24, 2.45) is 0 Å². The Balaban J connectivity index is 1.33. The predicted octanol–water partition coefficient (Wildman–Crippen LogP) is 7.58. The number of methoxy groups -OCH3 is 1. The van der Waals surface area contributed by atoms with E-state index in [0.717, 1.165) is 30.3 Å². The van der Waals surface area contributed by atoms with Gasteiger partial charge in [-0.25, -0.2) is 29.3 Å². The van der Waals surface area contributed by atoms with Gasteiger partial charge in [0.05, 0.1) is 18.3 Å². The first-order valence-corrected chi connectivity index (χ1v) is 14.2. The lowest BCUT2D eigenvalue weighted by Gasteiger charge is -2.13. The highest BCUT2D eigenvalue weighted by Gasteiger charge is 2.35. The standard InChI is InChI=1S/C32H27F4N7O/c1-17(2)42-15-24(32(34,35)36)40-29(42)20-9-7-18(8-10-20)14-43-23-6-4-5-22(33)25(23)21-13-37-28(41-30(21)43)26-27(19-11-12-19)38-16-39-31(26)44-3/h4-10,13,15-17,19H,11-12,14H2,1-3H3. The molecule has 1 aliphatic carbocycles. The second kappa shape index (κ2) is 10.4. The first kappa shape index (κ1) is 27.9. The number of alkyl halides is 3. The quantitative estimate of drug-likeness (QED) is 0.176. The first-order valence-electron chi connectivity index (χ1n) is 14.2. The lowest BCUT2D eigenvalue weighted by Crippen LogP contribution is -2.05. The lowest BCUT2D eigenvalue weighted by molar-refractivity contribution is -0.140. The fourth-order valence-corrected chi connectivity index (χ4v) is 5.65. The monoisotopic (exact) mass is 601 g/mol. The van der Waals surface area contributed by atoms with Gasteiger partial charge in [-0.05, 0) is 44.4 Å². The molecule has 1 fully saturated rings. The maximum atomic E-state index is 15.2. The summed E-state index contributed by atoms with van der Waals surface area (Å²) in [5.74, 6) is 0.886. The van der Waals surface area contributed by atoms with Crippen molar-refractivity contribution in [1.29, 1.82) is 0 Å². The van der Waals surface area contributed by atoms with Crippen LogP contribution >= 0.6 is 0 Å². The van der Waals surface area contributed by atoms with E-state index in [2.05, 4.69) is 19.9 Å². The van der Waals surface area contributed by atoms with Gasteiger partial charge >= 0.3 is 6.18 Å². The molecule has 44 heavy (non-hydrogen) atoms. The van der Waals surface area contributed by atoms with Gasteiger partial charge in [0.15, 0.2) is 11.5 Å². The van der Waals surface area contributed by atoms with Crippen molar-refractivity contribution in [1.82, 2.24) is 34.1 Å². The zero-order chi connectivity index (χ0) is 30.7. The van der Waals surface area contributed by atoms with Crippen molar-refractivity contribution in [3.8, 4) is 28.7 Å². The third kappa shape index (κ3) is 4.74. The molecule has 0 bridgehead atoms. The second-order valence-corrected chi connectivity index (χ2v) is 11.2. The van der Waals surface area contributed by atoms with Gasteiger partial charge in [-0.3, -0.25) is 0 Å². The molecule has 0 N–H and O–H groups in total. The van der Waals surface area contributed by atoms with Crippen LogP contribution in [0.2, 0.25) is 0 Å². The van der Waals surface area contributed by atoms with Gasteiger partial charge < -0.3 is 13.9 Å². The van der Waals surface area contributed by atoms with E-state index in [1.54, 1.807) is 24.4 Å². The van der Waals surface area contributed by atoms with E-state index in [1.165, 1.54) is 24.1 Å². The third-order valence-electron chi connectivity index (χ3n) is 7.93. The minimum atomic E-state index is -4.54. The summed E-state index contributed by atoms with van der Waals surface area (Å²) in [6.45, 7) is 3.94. The Morgan fingerprint density at radius 2 is 1.77 bits per heavy atom. The Kier molecular flexibility index (Phi) is 6.60. The van der Waals surface area contributed by atoms with Gasteiger partial charge in [0.1, 0.15) is 29.2 Å². The summed E-state index contributed by atoms with van der Waals surface area (Å²) < 4.78 is 64.5. The molecule has 6 aromatic rings. The molecule has 1 saturated carbocycles. The number of hydrogen-bond donors (Lipinski definition) is 0. The molecule has 0 spiro atoms. The van der Waals surface area contributed by atoms with Crippen LogP contribution in [-0.2, 0) is 12.7 Å². The number of hydrogen-bond acceptors (Lipinski definition) is 6. The van der Waals surface area contributed by atoms with E-state index in [-0.39, 0.29) is 17.8 Å². The minimum Gasteiger partial charge on any atom is -0.480 e. The Hall–Kier alpha value is -4.87. The molecule has 4 aromatic heterocycles. The highest BCUT2D eigenvalue weighted by molar-refractivity contribution is 6.07. The Bertz CT molecular complexity index is 2030. The maximum absolute atomic E-state index is 15.2. The molecule has 4 heterocycles. The molecule has 0 amide bonds. The first-order chi connectivity index (χ1) is 21.1. The van der Waals surface area contributed by atoms with Crippen molar-refractivity contribution >= 4 is 21.9 Å². The van der Waals surface area contributed by atoms with Crippen LogP contribution in [0.15, 0.2) is 61.2 Å². The molecule has 0 atom stereocenters. The van der Waals surface area contributed by atoms with Crippen LogP contribution in [0, 0.1) is 5.82 Å². The zero-order valence-electron chi connectivity index (χ0n) is 24.1. The number of benzene rings is 2. The molecule has 0 radical (unpaired) electrons. The summed E-state index contributed by atoms with van der Waals surface area (Å²) in [7, 11) is 1.54. The fraction of sp³-hybridized carbons (Fsp3) is 0.281. The predicted molar refractivity (Wildman–Crippen MR) is 157 cm³/mol. The largest absolute Gasteiger partial charge is 0.480 e. The summed E-state index contributed by atoms with van der Waals surface area (Å²) in [6.07, 6.45) is 1.60. The lowest BCUT2D eigenvalue weighted by atomic mass is 10.1. The van der Waals surface area contributed by atoms with Crippen LogP contribution in [0.1, 0.15) is 55.6 Å². The molecule has 8 nitrogen and oxygen atoms in total. The van der Waals surface area contributed by atoms with E-state index < -0.39 is 17.7 Å². The number of ether oxygens (including phenoxy) is 1. The second-order valence-electron chi connectivity index (χ2n) is 11.2. The van der Waals surface area contributed by atoms with E-state index in [4.69, 9.17) is 9.72 Å². The topological polar surface area (TPSA) is 83.5 Å². The highest BCUT2D eigenvalue weighted by Crippen LogP contribution is 2.45. The highest BCUT2D eigenvalue weighted by atomic mass is 19.4. The van der Waals surface area contributed by atoms with Crippen LogP contribution in [0.4, 0.5) is 17.6 Å². The number of rotatable bonds is 7. The van der Waals surface area contributed by atoms with Gasteiger partial charge in [-0.1, -0.05) is 30.3 Å². The molecule has 1 aliphatic rings. The third-order valence-corrected chi connectivity index (χ3v) is 7.93. The van der Waals surface area contributed by atoms with Crippen LogP contribution in [0.25, 0.3) is 44.7 Å². The van der Waals surface area contributed by atoms with Crippen LogP contribution in [-0.4, -0.2) is 41.2 Å². The number of halogens is 4. The summed E-state index contributed by atoms with van der Waals surface area (Å²) in [4.78, 5) is 22.2. The van der Waals surface area contributed by atoms with Gasteiger partial charge in [-0.15, -0.1) is 0 Å². The van der Waals surface area contributed by atoms with Gasteiger partial charge in [-0.2, -0.15) is 13.2 Å². The van der Waals surface area contributed by atoms with Crippen molar-refractivity contribution in [2.75, 3.05) is 7.11 Å². The average Bonchev–Trinajstić information content (AvgIpc) is 3.67. The Morgan fingerprint density at radius 1 is 1.00 bits per heavy atom. The number of imidazole rings is 1. The van der Waals surface area contributed by atoms with E-state index >= 15 is 4.39 Å². The number of nitrogens with zero attached hydrogens (tertiary/aromatic N) is 7. The smallest absolute Gasteiger partial charge is 0.434 e. The minimum absolute atomic E-state index is 0.219. The SMILES string of the molecule is COc1ncnc(C2CC2)c1-c1ncc2c3c(F)cccc3n(Cc3ccc(-c4nc(C(F)(F)F)cn4C(C)C)cc3)c2n1. The van der Waals surface area contributed by atoms with E-state index in [1.807, 2.05) is 36.6 Å². The summed E-state index contributed by atoms with van der Waals surface area (Å²) in [5.41, 5.74) is 3.08. The molecule has 12 heteroatoms. The van der Waals surface area contributed by atoms with Gasteiger partial charge in [0.2, 0.25) is 5.88 Å². The van der Waals surface area contributed by atoms with Gasteiger partial charge in [0.25, 0.3) is 0 Å². The van der Waals surface area contributed by atoms with Crippen molar-refractivity contribution in [3.05, 3.63) is 84.0 Å². The van der Waals surface area contributed by atoms with Crippen LogP contribution in [0.3, 0.4) is 0 Å². The normalized spacial score (nSPS) is 13.8. The van der Waals surface area contributed by atoms with Crippen molar-refractivity contribution in [2.45, 2.75) is 51.4 Å². The van der Waals surface area contributed by atoms with E-state index in [0.29, 0.717) is 51.3 Å². The summed E-state index contributed by atoms with van der Waals surface area (Å²) in [5, 5.41) is 0.962. The van der Waals surface area contributed by atoms with Crippen molar-refractivity contribution < 1.29 is 22.3 Å². The number of aromatic nitrogens is 7. The molecular weight excluding hydrogens is 574 g/mol. The molecule has 0 unspecified atom stereocenters. The zero-order valence-corrected chi connectivity index (χ0v) is 24.1. The summed E-state index contributed by atoms with van der Waals surface area (Å²) >= 11 is 0. The molecule has 2 aromatic carbocycles. The number of fused-ring (bicyclic) bond motifs is 3. The maximum Gasteiger partial charge on any atom is 0.434 e. The fourth-order valence-electron chi connectivity index (χ4n) is 5.65. The molecule has 0 aliphatic heterocycles. The Morgan fingerprint density at radius 3 is 2.45 bits per heavy atom. The average molecular weight is 602 g/mol. The molecule has 7 rings (SSSR count). The molecule has 0 saturated heterocycles. The van der Waals surface area contributed by atoms with Crippen LogP contribution < -0.4 is 4.74 Å². The Labute approximate surface area is 249 Å². The molecule has 224 valence electrons. The summed E-state index contributed by atoms with van der Waals surface area (Å²) in [6, 6.07) is 11.8. The van der Waals surface area contributed by atoms with Crippen LogP contribution in [0.5, 0.6) is 5.88 Å². The van der Waals surface area contributed by atoms with E-state index in [9.17, 15) is 13.2 Å². The van der Waals surface area contributed by atoms with Crippen molar-refractivity contribution in [3.63, 3.8) is 0 Å². The van der Waals surface area contributed by atoms with Gasteiger partial charge in [0, 0.05) is 47.2 Å². The molecular formula is C32H27F4N7O.